The highest BCUT2D eigenvalue weighted by Crippen LogP contribution is 2.52. The first kappa shape index (κ1) is 18.2. The molecule has 1 fully saturated rings. The third-order valence-corrected chi connectivity index (χ3v) is 6.60. The number of nitrogens with zero attached hydrogens (tertiary/aromatic N) is 2. The largest absolute Gasteiger partial charge is 0.363 e. The van der Waals surface area contributed by atoms with Crippen LogP contribution in [0.3, 0.4) is 0 Å². The molecular weight excluding hydrogens is 358 g/mol. The Bertz CT molecular complexity index is 1030. The smallest absolute Gasteiger partial charge is 0.169 e. The molecule has 2 aliphatic rings. The molecule has 1 unspecified atom stereocenters. The maximum atomic E-state index is 13.4. The van der Waals surface area contributed by atoms with Gasteiger partial charge in [-0.3, -0.25) is 4.79 Å². The number of Topliss-reactive ketones (excluding diaryl/α,β-unsaturated/α-hetero) is 1. The van der Waals surface area contributed by atoms with Crippen molar-refractivity contribution < 1.29 is 4.79 Å². The third-order valence-electron chi connectivity index (χ3n) is 6.60. The molecule has 148 valence electrons. The molecule has 0 saturated heterocycles. The number of rotatable bonds is 5. The predicted octanol–water partition coefficient (Wildman–Crippen LogP) is 5.48. The van der Waals surface area contributed by atoms with Gasteiger partial charge in [0.05, 0.1) is 23.3 Å². The van der Waals surface area contributed by atoms with Crippen LogP contribution in [0.5, 0.6) is 0 Å². The molecule has 4 nitrogen and oxygen atoms in total. The van der Waals surface area contributed by atoms with E-state index >= 15 is 0 Å². The van der Waals surface area contributed by atoms with Crippen molar-refractivity contribution in [2.24, 2.45) is 0 Å². The van der Waals surface area contributed by atoms with E-state index in [1.54, 1.807) is 6.20 Å². The van der Waals surface area contributed by atoms with E-state index in [9.17, 15) is 4.79 Å². The van der Waals surface area contributed by atoms with Gasteiger partial charge in [0.25, 0.3) is 0 Å². The maximum absolute atomic E-state index is 13.4. The summed E-state index contributed by atoms with van der Waals surface area (Å²) >= 11 is 0. The zero-order valence-electron chi connectivity index (χ0n) is 17.1. The van der Waals surface area contributed by atoms with Crippen molar-refractivity contribution in [3.63, 3.8) is 0 Å². The number of hydrogen-bond donors (Lipinski definition) is 1. The lowest BCUT2D eigenvalue weighted by Gasteiger charge is -2.38. The van der Waals surface area contributed by atoms with Crippen LogP contribution >= 0.6 is 0 Å². The molecular formula is C25H27N3O. The summed E-state index contributed by atoms with van der Waals surface area (Å²) in [7, 11) is 0. The maximum Gasteiger partial charge on any atom is 0.169 e. The average Bonchev–Trinajstić information content (AvgIpc) is 3.37. The van der Waals surface area contributed by atoms with Crippen LogP contribution in [-0.4, -0.2) is 15.6 Å². The molecule has 2 aromatic carbocycles. The van der Waals surface area contributed by atoms with Crippen molar-refractivity contribution >= 4 is 11.6 Å². The van der Waals surface area contributed by atoms with Crippen LogP contribution in [0.25, 0.3) is 0 Å². The summed E-state index contributed by atoms with van der Waals surface area (Å²) in [6, 6.07) is 21.1. The van der Waals surface area contributed by atoms with Crippen LogP contribution in [0.15, 0.2) is 66.9 Å². The van der Waals surface area contributed by atoms with Crippen molar-refractivity contribution in [2.45, 2.75) is 56.5 Å². The van der Waals surface area contributed by atoms with Crippen molar-refractivity contribution in [1.29, 1.82) is 0 Å². The number of hydrogen-bond acceptors (Lipinski definition) is 3. The Morgan fingerprint density at radius 2 is 1.72 bits per heavy atom. The number of nitrogens with one attached hydrogen (secondary N) is 1. The number of fused-ring (bicyclic) bond motifs is 1. The van der Waals surface area contributed by atoms with Crippen molar-refractivity contribution in [1.82, 2.24) is 9.78 Å². The van der Waals surface area contributed by atoms with Gasteiger partial charge in [-0.2, -0.15) is 5.10 Å². The normalized spacial score (nSPS) is 21.1. The highest BCUT2D eigenvalue weighted by molar-refractivity contribution is 6.01. The lowest BCUT2D eigenvalue weighted by molar-refractivity contribution is 0.0970. The number of carbonyl (C=O) groups is 1. The number of aromatic nitrogens is 2. The van der Waals surface area contributed by atoms with Gasteiger partial charge >= 0.3 is 0 Å². The first-order valence-corrected chi connectivity index (χ1v) is 10.5. The number of anilines is 1. The molecule has 2 heterocycles. The minimum Gasteiger partial charge on any atom is -0.363 e. The molecule has 4 heteroatoms. The molecule has 1 atom stereocenters. The van der Waals surface area contributed by atoms with Gasteiger partial charge in [-0.25, -0.2) is 4.68 Å². The fourth-order valence-electron chi connectivity index (χ4n) is 4.75. The zero-order chi connectivity index (χ0) is 20.1. The van der Waals surface area contributed by atoms with Crippen LogP contribution in [0.2, 0.25) is 0 Å². The van der Waals surface area contributed by atoms with Crippen LogP contribution < -0.4 is 5.32 Å². The van der Waals surface area contributed by atoms with Gasteiger partial charge in [-0.15, -0.1) is 0 Å². The van der Waals surface area contributed by atoms with Crippen LogP contribution in [0.1, 0.15) is 67.1 Å². The predicted molar refractivity (Wildman–Crippen MR) is 115 cm³/mol. The first-order chi connectivity index (χ1) is 14.0. The molecule has 0 radical (unpaired) electrons. The highest BCUT2D eigenvalue weighted by atomic mass is 16.1. The van der Waals surface area contributed by atoms with Gasteiger partial charge in [0.1, 0.15) is 5.82 Å². The van der Waals surface area contributed by atoms with E-state index in [-0.39, 0.29) is 22.8 Å². The molecule has 3 aromatic rings. The van der Waals surface area contributed by atoms with Crippen LogP contribution in [-0.2, 0) is 11.0 Å². The van der Waals surface area contributed by atoms with E-state index in [0.29, 0.717) is 6.42 Å². The summed E-state index contributed by atoms with van der Waals surface area (Å²) in [6.07, 6.45) is 5.40. The Balaban J connectivity index is 1.45. The van der Waals surface area contributed by atoms with Crippen molar-refractivity contribution in [3.05, 3.63) is 83.6 Å². The number of benzene rings is 2. The molecule has 1 aromatic heterocycles. The Morgan fingerprint density at radius 1 is 1.07 bits per heavy atom. The third kappa shape index (κ3) is 3.17. The van der Waals surface area contributed by atoms with E-state index in [2.05, 4.69) is 72.8 Å². The fourth-order valence-corrected chi connectivity index (χ4v) is 4.75. The summed E-state index contributed by atoms with van der Waals surface area (Å²) in [4.78, 5) is 13.4. The van der Waals surface area contributed by atoms with E-state index < -0.39 is 0 Å². The summed E-state index contributed by atoms with van der Waals surface area (Å²) < 4.78 is 2.00. The quantitative estimate of drug-likeness (QED) is 0.592. The van der Waals surface area contributed by atoms with Gasteiger partial charge in [-0.1, -0.05) is 60.7 Å². The molecule has 0 spiro atoms. The fraction of sp³-hybridized carbons (Fsp3) is 0.360. The van der Waals surface area contributed by atoms with E-state index in [4.69, 9.17) is 0 Å². The van der Waals surface area contributed by atoms with Gasteiger partial charge in [0.15, 0.2) is 5.78 Å². The lowest BCUT2D eigenvalue weighted by atomic mass is 9.87. The lowest BCUT2D eigenvalue weighted by Crippen LogP contribution is -2.38. The Hall–Kier alpha value is -2.88. The van der Waals surface area contributed by atoms with Crippen LogP contribution in [0.4, 0.5) is 5.82 Å². The Kier molecular flexibility index (Phi) is 4.12. The summed E-state index contributed by atoms with van der Waals surface area (Å²) in [6.45, 7) is 4.39. The molecule has 29 heavy (non-hydrogen) atoms. The molecule has 1 aliphatic carbocycles. The Morgan fingerprint density at radius 3 is 2.38 bits per heavy atom. The van der Waals surface area contributed by atoms with Gasteiger partial charge in [0.2, 0.25) is 0 Å². The average molecular weight is 386 g/mol. The van der Waals surface area contributed by atoms with E-state index in [1.165, 1.54) is 11.1 Å². The van der Waals surface area contributed by atoms with Crippen molar-refractivity contribution in [2.75, 3.05) is 5.32 Å². The van der Waals surface area contributed by atoms with Gasteiger partial charge in [0, 0.05) is 11.8 Å². The summed E-state index contributed by atoms with van der Waals surface area (Å²) in [5.41, 5.74) is 3.10. The minimum atomic E-state index is -0.156. The van der Waals surface area contributed by atoms with E-state index in [1.807, 2.05) is 16.8 Å². The summed E-state index contributed by atoms with van der Waals surface area (Å²) in [5.74, 6) is 1.05. The standard InChI is InChI=1S/C25H27N3O/c1-24(2)15-21(18-9-5-3-6-10-18)27-23-20(17-26-28(23)24)22(29)16-25(13-14-25)19-11-7-4-8-12-19/h3-12,17,21,27H,13-16H2,1-2H3. The van der Waals surface area contributed by atoms with E-state index in [0.717, 1.165) is 30.6 Å². The second kappa shape index (κ2) is 6.58. The molecule has 5 rings (SSSR count). The zero-order valence-corrected chi connectivity index (χ0v) is 17.1. The van der Waals surface area contributed by atoms with Gasteiger partial charge in [-0.05, 0) is 44.2 Å². The molecule has 1 N–H and O–H groups in total. The topological polar surface area (TPSA) is 46.9 Å². The SMILES string of the molecule is CC1(C)CC(c2ccccc2)Nc2c(C(=O)CC3(c4ccccc4)CC3)cnn21. The minimum absolute atomic E-state index is 0.0101. The molecule has 0 amide bonds. The Labute approximate surface area is 172 Å². The first-order valence-electron chi connectivity index (χ1n) is 10.5. The molecule has 0 bridgehead atoms. The molecule has 1 saturated carbocycles. The van der Waals surface area contributed by atoms with Crippen LogP contribution in [0, 0.1) is 0 Å². The highest BCUT2D eigenvalue weighted by Gasteiger charge is 2.46. The monoisotopic (exact) mass is 385 g/mol. The molecule has 1 aliphatic heterocycles. The second-order valence-corrected chi connectivity index (χ2v) is 9.19. The number of ketones is 1. The summed E-state index contributed by atoms with van der Waals surface area (Å²) in [5, 5.41) is 8.24. The number of carbonyl (C=O) groups excluding carboxylic acids is 1. The van der Waals surface area contributed by atoms with Crippen molar-refractivity contribution in [3.8, 4) is 0 Å². The van der Waals surface area contributed by atoms with Gasteiger partial charge < -0.3 is 5.32 Å². The second-order valence-electron chi connectivity index (χ2n) is 9.19.